The van der Waals surface area contributed by atoms with Crippen LogP contribution in [0.1, 0.15) is 51.0 Å². The Morgan fingerprint density at radius 2 is 2.07 bits per heavy atom. The first kappa shape index (κ1) is 19.8. The monoisotopic (exact) mass is 399 g/mol. The summed E-state index contributed by atoms with van der Waals surface area (Å²) < 4.78 is 1.76. The number of benzene rings is 1. The number of aliphatic hydroxyl groups excluding tert-OH is 1. The summed E-state index contributed by atoms with van der Waals surface area (Å²) in [6, 6.07) is 6.41. The van der Waals surface area contributed by atoms with E-state index < -0.39 is 6.03 Å². The van der Waals surface area contributed by atoms with E-state index in [9.17, 15) is 14.7 Å². The molecule has 3 amide bonds. The first-order valence-corrected chi connectivity index (χ1v) is 10.4. The first-order valence-electron chi connectivity index (χ1n) is 10.4. The average molecular weight is 399 g/mol. The topological polar surface area (TPSA) is 99.5 Å². The van der Waals surface area contributed by atoms with Gasteiger partial charge in [-0.15, -0.1) is 0 Å². The molecule has 1 aromatic heterocycles. The molecular formula is C21H29N5O3. The van der Waals surface area contributed by atoms with E-state index in [4.69, 9.17) is 0 Å². The predicted molar refractivity (Wildman–Crippen MR) is 111 cm³/mol. The molecule has 3 atom stereocenters. The molecular weight excluding hydrogens is 370 g/mol. The fourth-order valence-corrected chi connectivity index (χ4v) is 4.61. The zero-order valence-corrected chi connectivity index (χ0v) is 17.2. The molecule has 1 aromatic carbocycles. The highest BCUT2D eigenvalue weighted by molar-refractivity contribution is 6.08. The lowest BCUT2D eigenvalue weighted by Crippen LogP contribution is -2.49. The van der Waals surface area contributed by atoms with Crippen LogP contribution < -0.4 is 15.5 Å². The van der Waals surface area contributed by atoms with Crippen molar-refractivity contribution in [3.05, 3.63) is 23.8 Å². The summed E-state index contributed by atoms with van der Waals surface area (Å²) in [5.74, 6) is 0.397. The Kier molecular flexibility index (Phi) is 5.31. The summed E-state index contributed by atoms with van der Waals surface area (Å²) in [5, 5.41) is 22.0. The highest BCUT2D eigenvalue weighted by Crippen LogP contribution is 2.36. The molecule has 156 valence electrons. The van der Waals surface area contributed by atoms with E-state index >= 15 is 0 Å². The molecule has 3 N–H and O–H groups in total. The number of rotatable bonds is 4. The number of fused-ring (bicyclic) bond motifs is 1. The van der Waals surface area contributed by atoms with E-state index in [1.807, 2.05) is 19.2 Å². The third-order valence-corrected chi connectivity index (χ3v) is 5.98. The summed E-state index contributed by atoms with van der Waals surface area (Å²) in [5.41, 5.74) is 2.01. The molecule has 2 aliphatic rings. The van der Waals surface area contributed by atoms with Crippen LogP contribution in [0, 0.1) is 0 Å². The lowest BCUT2D eigenvalue weighted by Gasteiger charge is -2.35. The second kappa shape index (κ2) is 7.76. The van der Waals surface area contributed by atoms with Gasteiger partial charge in [0.15, 0.2) is 5.82 Å². The van der Waals surface area contributed by atoms with Gasteiger partial charge in [-0.1, -0.05) is 19.9 Å². The number of urea groups is 1. The second-order valence-electron chi connectivity index (χ2n) is 8.48. The van der Waals surface area contributed by atoms with Gasteiger partial charge >= 0.3 is 6.03 Å². The van der Waals surface area contributed by atoms with Crippen LogP contribution in [0.5, 0.6) is 0 Å². The fraction of sp³-hybridized carbons (Fsp3) is 0.571. The number of nitrogens with one attached hydrogen (secondary N) is 2. The number of hydrogen-bond donors (Lipinski definition) is 3. The SMILES string of the molecule is CC(C)NC1CCC(c2ccc3c(N4CCC(=O)NC4=O)nn(C)c3c2)C(O)C1. The summed E-state index contributed by atoms with van der Waals surface area (Å²) in [4.78, 5) is 25.2. The largest absolute Gasteiger partial charge is 0.392 e. The number of imide groups is 1. The van der Waals surface area contributed by atoms with E-state index in [2.05, 4.69) is 35.6 Å². The molecule has 3 unspecified atom stereocenters. The molecule has 2 aromatic rings. The van der Waals surface area contributed by atoms with Gasteiger partial charge in [0.05, 0.1) is 11.6 Å². The molecule has 2 heterocycles. The van der Waals surface area contributed by atoms with Gasteiger partial charge in [-0.05, 0) is 37.0 Å². The lowest BCUT2D eigenvalue weighted by atomic mass is 9.79. The number of aliphatic hydroxyl groups is 1. The summed E-state index contributed by atoms with van der Waals surface area (Å²) in [7, 11) is 1.85. The van der Waals surface area contributed by atoms with Gasteiger partial charge in [0, 0.05) is 43.4 Å². The molecule has 0 radical (unpaired) electrons. The fourth-order valence-electron chi connectivity index (χ4n) is 4.61. The van der Waals surface area contributed by atoms with Crippen LogP contribution in [0.15, 0.2) is 18.2 Å². The van der Waals surface area contributed by atoms with Crippen molar-refractivity contribution in [2.24, 2.45) is 7.05 Å². The third-order valence-electron chi connectivity index (χ3n) is 5.98. The molecule has 0 spiro atoms. The van der Waals surface area contributed by atoms with Crippen LogP contribution in [0.3, 0.4) is 0 Å². The van der Waals surface area contributed by atoms with Gasteiger partial charge in [0.1, 0.15) is 0 Å². The van der Waals surface area contributed by atoms with E-state index in [0.717, 1.165) is 35.7 Å². The molecule has 8 heteroatoms. The van der Waals surface area contributed by atoms with E-state index in [1.54, 1.807) is 4.68 Å². The maximum Gasteiger partial charge on any atom is 0.329 e. The molecule has 1 saturated heterocycles. The Hall–Kier alpha value is -2.45. The minimum absolute atomic E-state index is 0.0962. The highest BCUT2D eigenvalue weighted by atomic mass is 16.3. The minimum Gasteiger partial charge on any atom is -0.392 e. The Morgan fingerprint density at radius 3 is 2.76 bits per heavy atom. The number of aromatic nitrogens is 2. The van der Waals surface area contributed by atoms with Crippen molar-refractivity contribution in [1.29, 1.82) is 0 Å². The van der Waals surface area contributed by atoms with Crippen LogP contribution in [0.25, 0.3) is 10.9 Å². The summed E-state index contributed by atoms with van der Waals surface area (Å²) in [6.45, 7) is 4.58. The van der Waals surface area contributed by atoms with Crippen molar-refractivity contribution in [2.75, 3.05) is 11.4 Å². The standard InChI is InChI=1S/C21H29N5O3/c1-12(2)22-14-5-7-15(18(27)11-14)13-4-6-16-17(10-13)25(3)24-20(16)26-9-8-19(28)23-21(26)29/h4,6,10,12,14-15,18,22,27H,5,7-9,11H2,1-3H3,(H,23,28,29). The Bertz CT molecular complexity index is 938. The van der Waals surface area contributed by atoms with Gasteiger partial charge < -0.3 is 10.4 Å². The molecule has 1 aliphatic carbocycles. The number of carbonyl (C=O) groups excluding carboxylic acids is 2. The van der Waals surface area contributed by atoms with Gasteiger partial charge in [0.2, 0.25) is 5.91 Å². The zero-order valence-electron chi connectivity index (χ0n) is 17.2. The van der Waals surface area contributed by atoms with Crippen molar-refractivity contribution in [3.63, 3.8) is 0 Å². The molecule has 0 bridgehead atoms. The Labute approximate surface area is 170 Å². The maximum atomic E-state index is 12.2. The van der Waals surface area contributed by atoms with Crippen molar-refractivity contribution >= 4 is 28.7 Å². The van der Waals surface area contributed by atoms with E-state index in [-0.39, 0.29) is 24.3 Å². The quantitative estimate of drug-likeness (QED) is 0.730. The van der Waals surface area contributed by atoms with Crippen molar-refractivity contribution < 1.29 is 14.7 Å². The number of hydrogen-bond acceptors (Lipinski definition) is 5. The Morgan fingerprint density at radius 1 is 1.28 bits per heavy atom. The zero-order chi connectivity index (χ0) is 20.7. The predicted octanol–water partition coefficient (Wildman–Crippen LogP) is 2.01. The summed E-state index contributed by atoms with van der Waals surface area (Å²) >= 11 is 0. The number of anilines is 1. The van der Waals surface area contributed by atoms with Crippen molar-refractivity contribution in [1.82, 2.24) is 20.4 Å². The molecule has 2 fully saturated rings. The molecule has 4 rings (SSSR count). The van der Waals surface area contributed by atoms with E-state index in [1.165, 1.54) is 4.90 Å². The average Bonchev–Trinajstić information content (AvgIpc) is 2.97. The van der Waals surface area contributed by atoms with Crippen molar-refractivity contribution in [3.8, 4) is 0 Å². The van der Waals surface area contributed by atoms with Gasteiger partial charge in [-0.25, -0.2) is 4.79 Å². The van der Waals surface area contributed by atoms with Crippen LogP contribution in [-0.4, -0.2) is 51.6 Å². The Balaban J connectivity index is 1.59. The third kappa shape index (κ3) is 3.86. The number of carbonyl (C=O) groups is 2. The highest BCUT2D eigenvalue weighted by Gasteiger charge is 2.32. The van der Waals surface area contributed by atoms with Gasteiger partial charge in [-0.3, -0.25) is 19.7 Å². The molecule has 8 nitrogen and oxygen atoms in total. The molecule has 1 aliphatic heterocycles. The van der Waals surface area contributed by atoms with Crippen LogP contribution in [0.4, 0.5) is 10.6 Å². The van der Waals surface area contributed by atoms with E-state index in [0.29, 0.717) is 24.4 Å². The maximum absolute atomic E-state index is 12.2. The smallest absolute Gasteiger partial charge is 0.329 e. The van der Waals surface area contributed by atoms with Crippen LogP contribution in [0.2, 0.25) is 0 Å². The number of aryl methyl sites for hydroxylation is 1. The summed E-state index contributed by atoms with van der Waals surface area (Å²) in [6.07, 6.45) is 2.60. The molecule has 1 saturated carbocycles. The van der Waals surface area contributed by atoms with Crippen LogP contribution >= 0.6 is 0 Å². The van der Waals surface area contributed by atoms with Crippen molar-refractivity contribution in [2.45, 2.75) is 63.6 Å². The second-order valence-corrected chi connectivity index (χ2v) is 8.48. The van der Waals surface area contributed by atoms with Crippen LogP contribution in [-0.2, 0) is 11.8 Å². The normalized spacial score (nSPS) is 25.7. The minimum atomic E-state index is -0.434. The van der Waals surface area contributed by atoms with Gasteiger partial charge in [0.25, 0.3) is 0 Å². The number of nitrogens with zero attached hydrogens (tertiary/aromatic N) is 3. The number of amides is 3. The molecule has 29 heavy (non-hydrogen) atoms. The van der Waals surface area contributed by atoms with Gasteiger partial charge in [-0.2, -0.15) is 5.10 Å². The first-order chi connectivity index (χ1) is 13.8. The lowest BCUT2D eigenvalue weighted by molar-refractivity contribution is -0.120.